The van der Waals surface area contributed by atoms with Crippen molar-refractivity contribution < 1.29 is 14.3 Å². The molecule has 2 heterocycles. The highest BCUT2D eigenvalue weighted by Gasteiger charge is 2.31. The topological polar surface area (TPSA) is 103 Å². The van der Waals surface area contributed by atoms with Crippen molar-refractivity contribution >= 4 is 29.2 Å². The van der Waals surface area contributed by atoms with Gasteiger partial charge in [-0.25, -0.2) is 0 Å². The molecule has 0 unspecified atom stereocenters. The molecule has 0 saturated carbocycles. The van der Waals surface area contributed by atoms with E-state index in [1.165, 1.54) is 6.07 Å². The number of benzene rings is 2. The van der Waals surface area contributed by atoms with Gasteiger partial charge in [-0.2, -0.15) is 0 Å². The largest absolute Gasteiger partial charge is 0.456 e. The van der Waals surface area contributed by atoms with Gasteiger partial charge in [0.1, 0.15) is 17.3 Å². The first-order valence-electron chi connectivity index (χ1n) is 8.72. The fourth-order valence-electron chi connectivity index (χ4n) is 3.29. The highest BCUT2D eigenvalue weighted by Crippen LogP contribution is 2.33. The number of halogens is 1. The van der Waals surface area contributed by atoms with Crippen molar-refractivity contribution in [1.82, 2.24) is 9.88 Å². The van der Waals surface area contributed by atoms with Gasteiger partial charge >= 0.3 is 0 Å². The smallest absolute Gasteiger partial charge is 0.262 e. The molecule has 0 fully saturated rings. The predicted octanol–water partition coefficient (Wildman–Crippen LogP) is 3.37. The molecule has 2 amide bonds. The summed E-state index contributed by atoms with van der Waals surface area (Å²) in [6.07, 6.45) is 0. The summed E-state index contributed by atoms with van der Waals surface area (Å²) in [5.74, 6) is -0.346. The molecule has 0 radical (unpaired) electrons. The number of pyridine rings is 1. The van der Waals surface area contributed by atoms with Crippen LogP contribution in [0.5, 0.6) is 11.5 Å². The second-order valence-corrected chi connectivity index (χ2v) is 7.17. The van der Waals surface area contributed by atoms with E-state index >= 15 is 0 Å². The van der Waals surface area contributed by atoms with Gasteiger partial charge in [-0.3, -0.25) is 24.3 Å². The molecule has 3 N–H and O–H groups in total. The predicted molar refractivity (Wildman–Crippen MR) is 109 cm³/mol. The van der Waals surface area contributed by atoms with Crippen LogP contribution in [0.1, 0.15) is 31.8 Å². The van der Waals surface area contributed by atoms with Gasteiger partial charge in [0.25, 0.3) is 17.4 Å². The van der Waals surface area contributed by atoms with Gasteiger partial charge in [0.05, 0.1) is 21.8 Å². The van der Waals surface area contributed by atoms with Crippen LogP contribution >= 0.6 is 11.6 Å². The van der Waals surface area contributed by atoms with E-state index in [1.54, 1.807) is 12.1 Å². The minimum absolute atomic E-state index is 0.0265. The van der Waals surface area contributed by atoms with Crippen LogP contribution in [0.3, 0.4) is 0 Å². The van der Waals surface area contributed by atoms with Crippen LogP contribution < -0.4 is 21.3 Å². The molecule has 0 atom stereocenters. The van der Waals surface area contributed by atoms with Crippen LogP contribution in [-0.4, -0.2) is 16.4 Å². The monoisotopic (exact) mass is 409 g/mol. The van der Waals surface area contributed by atoms with Crippen LogP contribution in [0.2, 0.25) is 5.02 Å². The first kappa shape index (κ1) is 18.8. The molecule has 146 valence electrons. The van der Waals surface area contributed by atoms with Crippen molar-refractivity contribution in [2.75, 3.05) is 5.73 Å². The van der Waals surface area contributed by atoms with Crippen LogP contribution in [0.25, 0.3) is 5.69 Å². The summed E-state index contributed by atoms with van der Waals surface area (Å²) in [5, 5.41) is 2.39. The van der Waals surface area contributed by atoms with Crippen molar-refractivity contribution in [2.24, 2.45) is 0 Å². The Hall–Kier alpha value is -3.58. The fourth-order valence-corrected chi connectivity index (χ4v) is 3.50. The molecule has 3 aromatic rings. The summed E-state index contributed by atoms with van der Waals surface area (Å²) < 4.78 is 7.02. The van der Waals surface area contributed by atoms with Gasteiger partial charge in [-0.1, -0.05) is 29.3 Å². The van der Waals surface area contributed by atoms with Gasteiger partial charge in [-0.15, -0.1) is 0 Å². The van der Waals surface area contributed by atoms with Crippen molar-refractivity contribution in [3.63, 3.8) is 0 Å². The van der Waals surface area contributed by atoms with Gasteiger partial charge in [0, 0.05) is 6.07 Å². The third-order valence-electron chi connectivity index (χ3n) is 4.68. The Kier molecular flexibility index (Phi) is 4.39. The van der Waals surface area contributed by atoms with Crippen molar-refractivity contribution in [1.29, 1.82) is 0 Å². The van der Waals surface area contributed by atoms with Gasteiger partial charge in [0.2, 0.25) is 0 Å². The second kappa shape index (κ2) is 6.79. The summed E-state index contributed by atoms with van der Waals surface area (Å²) >= 11 is 6.37. The van der Waals surface area contributed by atoms with Crippen molar-refractivity contribution in [3.05, 3.63) is 80.1 Å². The van der Waals surface area contributed by atoms with Crippen molar-refractivity contribution in [3.8, 4) is 17.2 Å². The average Bonchev–Trinajstić information content (AvgIpc) is 2.93. The number of rotatable bonds is 3. The molecule has 0 aliphatic carbocycles. The summed E-state index contributed by atoms with van der Waals surface area (Å²) in [6.45, 7) is 3.92. The number of nitrogen functional groups attached to an aromatic ring is 1. The molecule has 0 spiro atoms. The Balaban J connectivity index is 1.76. The van der Waals surface area contributed by atoms with E-state index in [4.69, 9.17) is 22.1 Å². The van der Waals surface area contributed by atoms with E-state index in [0.717, 1.165) is 21.8 Å². The number of carbonyl (C=O) groups is 2. The lowest BCUT2D eigenvalue weighted by Crippen LogP contribution is -2.24. The highest BCUT2D eigenvalue weighted by atomic mass is 35.5. The lowest BCUT2D eigenvalue weighted by molar-refractivity contribution is 0.0880. The number of fused-ring (bicyclic) bond motifs is 1. The molecule has 1 aliphatic rings. The molecule has 1 aliphatic heterocycles. The number of hydrogen-bond acceptors (Lipinski definition) is 5. The molecule has 7 nitrogen and oxygen atoms in total. The maximum absolute atomic E-state index is 12.5. The number of ether oxygens (including phenoxy) is 1. The zero-order valence-electron chi connectivity index (χ0n) is 15.6. The SMILES string of the molecule is Cc1ccc(Oc2ccc(-n3c(N)c4c(cc3=O)C(=O)NC4=O)cc2Cl)c(C)c1. The molecule has 2 aromatic carbocycles. The number of nitrogens with one attached hydrogen (secondary N) is 1. The third-order valence-corrected chi connectivity index (χ3v) is 4.97. The lowest BCUT2D eigenvalue weighted by atomic mass is 10.1. The summed E-state index contributed by atoms with van der Waals surface area (Å²) in [6, 6.07) is 11.6. The molecular weight excluding hydrogens is 394 g/mol. The van der Waals surface area contributed by atoms with E-state index in [2.05, 4.69) is 5.32 Å². The van der Waals surface area contributed by atoms with E-state index < -0.39 is 17.4 Å². The Morgan fingerprint density at radius 3 is 2.38 bits per heavy atom. The Morgan fingerprint density at radius 2 is 1.69 bits per heavy atom. The minimum atomic E-state index is -0.642. The van der Waals surface area contributed by atoms with Crippen molar-refractivity contribution in [2.45, 2.75) is 13.8 Å². The minimum Gasteiger partial charge on any atom is -0.456 e. The number of anilines is 1. The van der Waals surface area contributed by atoms with Gasteiger partial charge in [0.15, 0.2) is 0 Å². The fraction of sp³-hybridized carbons (Fsp3) is 0.0952. The summed E-state index contributed by atoms with van der Waals surface area (Å²) in [4.78, 5) is 36.3. The first-order valence-corrected chi connectivity index (χ1v) is 9.10. The molecular formula is C21H16ClN3O4. The Labute approximate surface area is 170 Å². The van der Waals surface area contributed by atoms with Crippen LogP contribution in [-0.2, 0) is 0 Å². The number of aromatic nitrogens is 1. The number of nitrogens with two attached hydrogens (primary N) is 1. The molecule has 0 bridgehead atoms. The van der Waals surface area contributed by atoms with Gasteiger partial charge < -0.3 is 10.5 Å². The molecule has 1 aromatic heterocycles. The van der Waals surface area contributed by atoms with E-state index in [0.29, 0.717) is 17.2 Å². The van der Waals surface area contributed by atoms with E-state index in [9.17, 15) is 14.4 Å². The summed E-state index contributed by atoms with van der Waals surface area (Å²) in [7, 11) is 0. The van der Waals surface area contributed by atoms with Crippen LogP contribution in [0.15, 0.2) is 47.3 Å². The zero-order chi connectivity index (χ0) is 20.9. The van der Waals surface area contributed by atoms with E-state index in [-0.39, 0.29) is 22.0 Å². The maximum atomic E-state index is 12.5. The quantitative estimate of drug-likeness (QED) is 0.645. The number of aryl methyl sites for hydroxylation is 2. The lowest BCUT2D eigenvalue weighted by Gasteiger charge is -2.14. The number of imide groups is 1. The maximum Gasteiger partial charge on any atom is 0.262 e. The normalized spacial score (nSPS) is 12.7. The highest BCUT2D eigenvalue weighted by molar-refractivity contribution is 6.32. The summed E-state index contributed by atoms with van der Waals surface area (Å²) in [5.41, 5.74) is 7.85. The number of nitrogens with zero attached hydrogens (tertiary/aromatic N) is 1. The molecule has 29 heavy (non-hydrogen) atoms. The Bertz CT molecular complexity index is 1260. The second-order valence-electron chi connectivity index (χ2n) is 6.76. The number of carbonyl (C=O) groups excluding carboxylic acids is 2. The Morgan fingerprint density at radius 1 is 0.966 bits per heavy atom. The van der Waals surface area contributed by atoms with E-state index in [1.807, 2.05) is 32.0 Å². The molecule has 0 saturated heterocycles. The average molecular weight is 410 g/mol. The molecule has 4 rings (SSSR count). The molecule has 8 heteroatoms. The third kappa shape index (κ3) is 3.15. The first-order chi connectivity index (χ1) is 13.8. The zero-order valence-corrected chi connectivity index (χ0v) is 16.3. The van der Waals surface area contributed by atoms with Gasteiger partial charge in [-0.05, 0) is 43.7 Å². The van der Waals surface area contributed by atoms with Crippen LogP contribution in [0, 0.1) is 13.8 Å². The van der Waals surface area contributed by atoms with Crippen LogP contribution in [0.4, 0.5) is 5.82 Å². The number of amides is 2. The number of hydrogen-bond donors (Lipinski definition) is 2. The standard InChI is InChI=1S/C21H16ClN3O4/c1-10-3-5-15(11(2)7-10)29-16-6-4-12(8-14(16)22)25-17(26)9-13-18(19(25)23)21(28)24-20(13)27/h3-9H,23H2,1-2H3,(H,24,27,28).